The number of nitrogens with zero attached hydrogens (tertiary/aromatic N) is 2. The first-order valence-electron chi connectivity index (χ1n) is 6.84. The van der Waals surface area contributed by atoms with Gasteiger partial charge in [-0.1, -0.05) is 12.1 Å². The monoisotopic (exact) mass is 274 g/mol. The van der Waals surface area contributed by atoms with Crippen LogP contribution in [0, 0.1) is 0 Å². The van der Waals surface area contributed by atoms with Crippen molar-refractivity contribution in [3.05, 3.63) is 42.5 Å². The number of imidazole rings is 1. The molecule has 1 N–H and O–H groups in total. The van der Waals surface area contributed by atoms with Crippen molar-refractivity contribution >= 4 is 0 Å². The minimum Gasteiger partial charge on any atom is -0.486 e. The number of rotatable bonds is 4. The summed E-state index contributed by atoms with van der Waals surface area (Å²) in [6, 6.07) is 7.50. The lowest BCUT2D eigenvalue weighted by Gasteiger charge is -2.29. The highest BCUT2D eigenvalue weighted by Gasteiger charge is 2.28. The molecule has 2 atom stereocenters. The highest BCUT2D eigenvalue weighted by atomic mass is 16.6. The number of benzene rings is 1. The van der Waals surface area contributed by atoms with Gasteiger partial charge in [0.2, 0.25) is 0 Å². The van der Waals surface area contributed by atoms with Gasteiger partial charge in [-0.25, -0.2) is 4.98 Å². The van der Waals surface area contributed by atoms with Gasteiger partial charge in [-0.2, -0.15) is 0 Å². The quantitative estimate of drug-likeness (QED) is 0.921. The summed E-state index contributed by atoms with van der Waals surface area (Å²) in [5.41, 5.74) is 0. The predicted octanol–water partition coefficient (Wildman–Crippen LogP) is 1.65. The van der Waals surface area contributed by atoms with Crippen LogP contribution >= 0.6 is 0 Å². The molecule has 5 heteroatoms. The van der Waals surface area contributed by atoms with E-state index < -0.39 is 6.10 Å². The molecule has 2 aromatic rings. The fourth-order valence-corrected chi connectivity index (χ4v) is 2.36. The summed E-state index contributed by atoms with van der Waals surface area (Å²) in [7, 11) is 0. The largest absolute Gasteiger partial charge is 0.486 e. The standard InChI is InChI=1S/C15H18N2O3/c1-2-17-8-7-16-15(17)9-11(18)14-10-19-12-5-3-4-6-13(12)20-14/h3-8,11,14,18H,2,9-10H2,1H3. The first kappa shape index (κ1) is 13.0. The molecule has 0 saturated heterocycles. The Morgan fingerprint density at radius 2 is 2.20 bits per heavy atom. The number of aryl methyl sites for hydroxylation is 1. The zero-order valence-corrected chi connectivity index (χ0v) is 11.4. The smallest absolute Gasteiger partial charge is 0.161 e. The van der Waals surface area contributed by atoms with Gasteiger partial charge >= 0.3 is 0 Å². The van der Waals surface area contributed by atoms with E-state index in [1.807, 2.05) is 42.0 Å². The van der Waals surface area contributed by atoms with Crippen molar-refractivity contribution in [3.63, 3.8) is 0 Å². The molecule has 20 heavy (non-hydrogen) atoms. The second kappa shape index (κ2) is 5.54. The molecule has 2 heterocycles. The lowest BCUT2D eigenvalue weighted by molar-refractivity contribution is -0.0106. The van der Waals surface area contributed by atoms with Crippen molar-refractivity contribution in [2.45, 2.75) is 32.1 Å². The fourth-order valence-electron chi connectivity index (χ4n) is 2.36. The average molecular weight is 274 g/mol. The Morgan fingerprint density at radius 1 is 1.40 bits per heavy atom. The molecular weight excluding hydrogens is 256 g/mol. The van der Waals surface area contributed by atoms with E-state index in [2.05, 4.69) is 4.98 Å². The third-order valence-electron chi connectivity index (χ3n) is 3.49. The second-order valence-electron chi connectivity index (χ2n) is 4.81. The van der Waals surface area contributed by atoms with E-state index in [1.54, 1.807) is 6.20 Å². The van der Waals surface area contributed by atoms with Crippen molar-refractivity contribution in [2.75, 3.05) is 6.61 Å². The Morgan fingerprint density at radius 3 is 3.00 bits per heavy atom. The highest BCUT2D eigenvalue weighted by Crippen LogP contribution is 2.31. The predicted molar refractivity (Wildman–Crippen MR) is 74.0 cm³/mol. The molecule has 106 valence electrons. The van der Waals surface area contributed by atoms with Crippen LogP contribution in [0.4, 0.5) is 0 Å². The summed E-state index contributed by atoms with van der Waals surface area (Å²) in [6.07, 6.45) is 3.11. The van der Waals surface area contributed by atoms with Gasteiger partial charge in [0, 0.05) is 25.4 Å². The summed E-state index contributed by atoms with van der Waals surface area (Å²) in [4.78, 5) is 4.27. The van der Waals surface area contributed by atoms with Gasteiger partial charge in [0.25, 0.3) is 0 Å². The average Bonchev–Trinajstić information content (AvgIpc) is 2.94. The summed E-state index contributed by atoms with van der Waals surface area (Å²) >= 11 is 0. The molecule has 1 aliphatic rings. The number of para-hydroxylation sites is 2. The van der Waals surface area contributed by atoms with E-state index in [0.29, 0.717) is 18.8 Å². The molecule has 1 aromatic heterocycles. The minimum atomic E-state index is -0.643. The van der Waals surface area contributed by atoms with Gasteiger partial charge in [0.1, 0.15) is 18.5 Å². The molecule has 0 radical (unpaired) electrons. The Hall–Kier alpha value is -2.01. The topological polar surface area (TPSA) is 56.5 Å². The summed E-state index contributed by atoms with van der Waals surface area (Å²) in [6.45, 7) is 3.24. The molecule has 0 spiro atoms. The van der Waals surface area contributed by atoms with Crippen molar-refractivity contribution in [1.82, 2.24) is 9.55 Å². The van der Waals surface area contributed by atoms with Crippen LogP contribution in [-0.4, -0.2) is 33.5 Å². The first-order chi connectivity index (χ1) is 9.78. The second-order valence-corrected chi connectivity index (χ2v) is 4.81. The highest BCUT2D eigenvalue weighted by molar-refractivity contribution is 5.40. The van der Waals surface area contributed by atoms with E-state index in [-0.39, 0.29) is 6.10 Å². The van der Waals surface area contributed by atoms with Crippen molar-refractivity contribution in [1.29, 1.82) is 0 Å². The molecule has 1 aliphatic heterocycles. The lowest BCUT2D eigenvalue weighted by atomic mass is 10.1. The van der Waals surface area contributed by atoms with Crippen molar-refractivity contribution in [2.24, 2.45) is 0 Å². The van der Waals surface area contributed by atoms with Crippen LogP contribution in [0.2, 0.25) is 0 Å². The van der Waals surface area contributed by atoms with E-state index in [1.165, 1.54) is 0 Å². The van der Waals surface area contributed by atoms with E-state index >= 15 is 0 Å². The zero-order chi connectivity index (χ0) is 13.9. The molecule has 0 bridgehead atoms. The Kier molecular flexibility index (Phi) is 3.60. The summed E-state index contributed by atoms with van der Waals surface area (Å²) in [5, 5.41) is 10.3. The van der Waals surface area contributed by atoms with Gasteiger partial charge in [-0.05, 0) is 19.1 Å². The summed E-state index contributed by atoms with van der Waals surface area (Å²) in [5.74, 6) is 2.27. The van der Waals surface area contributed by atoms with Crippen molar-refractivity contribution < 1.29 is 14.6 Å². The number of fused-ring (bicyclic) bond motifs is 1. The number of ether oxygens (including phenoxy) is 2. The van der Waals surface area contributed by atoms with Crippen LogP contribution in [0.25, 0.3) is 0 Å². The SMILES string of the molecule is CCn1ccnc1CC(O)C1COc2ccccc2O1. The van der Waals surface area contributed by atoms with E-state index in [0.717, 1.165) is 18.1 Å². The Labute approximate surface area is 117 Å². The van der Waals surface area contributed by atoms with Crippen LogP contribution in [0.1, 0.15) is 12.7 Å². The maximum Gasteiger partial charge on any atom is 0.161 e. The van der Waals surface area contributed by atoms with Gasteiger partial charge in [0.05, 0.1) is 0 Å². The normalized spacial score (nSPS) is 18.8. The van der Waals surface area contributed by atoms with Crippen molar-refractivity contribution in [3.8, 4) is 11.5 Å². The molecule has 2 unspecified atom stereocenters. The first-order valence-corrected chi connectivity index (χ1v) is 6.84. The minimum absolute atomic E-state index is 0.352. The lowest BCUT2D eigenvalue weighted by Crippen LogP contribution is -2.41. The Balaban J connectivity index is 1.68. The van der Waals surface area contributed by atoms with Gasteiger partial charge < -0.3 is 19.1 Å². The third-order valence-corrected chi connectivity index (χ3v) is 3.49. The fraction of sp³-hybridized carbons (Fsp3) is 0.400. The van der Waals surface area contributed by atoms with E-state index in [4.69, 9.17) is 9.47 Å². The number of aromatic nitrogens is 2. The van der Waals surface area contributed by atoms with Crippen LogP contribution in [-0.2, 0) is 13.0 Å². The molecule has 3 rings (SSSR count). The van der Waals surface area contributed by atoms with Crippen LogP contribution in [0.15, 0.2) is 36.7 Å². The van der Waals surface area contributed by atoms with Gasteiger partial charge in [-0.3, -0.25) is 0 Å². The van der Waals surface area contributed by atoms with Crippen LogP contribution in [0.3, 0.4) is 0 Å². The number of aliphatic hydroxyl groups excluding tert-OH is 1. The molecule has 0 aliphatic carbocycles. The maximum atomic E-state index is 10.3. The maximum absolute atomic E-state index is 10.3. The van der Waals surface area contributed by atoms with Gasteiger partial charge in [0.15, 0.2) is 17.6 Å². The zero-order valence-electron chi connectivity index (χ0n) is 11.4. The number of aliphatic hydroxyl groups is 1. The number of hydrogen-bond donors (Lipinski definition) is 1. The third kappa shape index (κ3) is 2.49. The van der Waals surface area contributed by atoms with Gasteiger partial charge in [-0.15, -0.1) is 0 Å². The molecule has 0 fully saturated rings. The molecule has 5 nitrogen and oxygen atoms in total. The molecular formula is C15H18N2O3. The summed E-state index contributed by atoms with van der Waals surface area (Å²) < 4.78 is 13.4. The number of hydrogen-bond acceptors (Lipinski definition) is 4. The molecule has 0 saturated carbocycles. The van der Waals surface area contributed by atoms with Crippen LogP contribution in [0.5, 0.6) is 11.5 Å². The Bertz CT molecular complexity index is 582. The molecule has 0 amide bonds. The van der Waals surface area contributed by atoms with E-state index in [9.17, 15) is 5.11 Å². The van der Waals surface area contributed by atoms with Crippen LogP contribution < -0.4 is 9.47 Å². The molecule has 1 aromatic carbocycles.